The average Bonchev–Trinajstić information content (AvgIpc) is 2.04. The van der Waals surface area contributed by atoms with Gasteiger partial charge in [0.1, 0.15) is 0 Å². The lowest BCUT2D eigenvalue weighted by atomic mass is 10.4. The van der Waals surface area contributed by atoms with Crippen LogP contribution in [0.2, 0.25) is 0 Å². The van der Waals surface area contributed by atoms with Crippen LogP contribution in [0.25, 0.3) is 0 Å². The highest BCUT2D eigenvalue weighted by molar-refractivity contribution is 5.49. The van der Waals surface area contributed by atoms with Crippen LogP contribution in [-0.4, -0.2) is 16.5 Å². The Morgan fingerprint density at radius 3 is 2.50 bits per heavy atom. The van der Waals surface area contributed by atoms with Crippen LogP contribution in [-0.2, 0) is 0 Å². The fourth-order valence-corrected chi connectivity index (χ4v) is 0.671. The molecule has 8 heteroatoms. The van der Waals surface area contributed by atoms with Gasteiger partial charge in [0.25, 0.3) is 0 Å². The Balaban J connectivity index is 3.06. The van der Waals surface area contributed by atoms with E-state index in [1.54, 1.807) is 0 Å². The van der Waals surface area contributed by atoms with Crippen LogP contribution in [0.3, 0.4) is 0 Å². The predicted molar refractivity (Wildman–Crippen MR) is 37.0 cm³/mol. The van der Waals surface area contributed by atoms with Crippen LogP contribution in [0, 0.1) is 5.82 Å². The minimum atomic E-state index is -5.05. The summed E-state index contributed by atoms with van der Waals surface area (Å²) in [6.45, 7) is 0. The predicted octanol–water partition coefficient (Wildman–Crippen LogP) is 1.41. The molecule has 4 nitrogen and oxygen atoms in total. The Morgan fingerprint density at radius 1 is 1.43 bits per heavy atom. The Morgan fingerprint density at radius 2 is 2.00 bits per heavy atom. The first-order valence-electron chi connectivity index (χ1n) is 3.20. The van der Waals surface area contributed by atoms with E-state index in [-0.39, 0.29) is 0 Å². The van der Waals surface area contributed by atoms with Crippen molar-refractivity contribution in [2.45, 2.75) is 6.36 Å². The van der Waals surface area contributed by atoms with E-state index in [0.717, 1.165) is 0 Å². The summed E-state index contributed by atoms with van der Waals surface area (Å²) in [6, 6.07) is 0. The molecule has 0 spiro atoms. The monoisotopic (exact) mass is 212 g/mol. The van der Waals surface area contributed by atoms with Crippen molar-refractivity contribution in [2.24, 2.45) is 0 Å². The zero-order valence-corrected chi connectivity index (χ0v) is 6.47. The van der Waals surface area contributed by atoms with Gasteiger partial charge in [-0.25, -0.2) is 4.98 Å². The molecule has 0 saturated heterocycles. The molecule has 0 saturated carbocycles. The summed E-state index contributed by atoms with van der Waals surface area (Å²) in [7, 11) is 0. The average molecular weight is 212 g/mol. The summed E-state index contributed by atoms with van der Waals surface area (Å²) < 4.78 is 50.9. The quantitative estimate of drug-likeness (QED) is 0.690. The van der Waals surface area contributed by atoms with Gasteiger partial charge >= 0.3 is 6.36 Å². The smallest absolute Gasteiger partial charge is 0.502 e. The van der Waals surface area contributed by atoms with Crippen molar-refractivity contribution in [3.8, 4) is 11.5 Å². The van der Waals surface area contributed by atoms with E-state index in [4.69, 9.17) is 10.8 Å². The van der Waals surface area contributed by atoms with Gasteiger partial charge in [0.05, 0.1) is 6.20 Å². The molecule has 0 bridgehead atoms. The van der Waals surface area contributed by atoms with E-state index in [0.29, 0.717) is 6.20 Å². The maximum Gasteiger partial charge on any atom is 0.573 e. The third-order valence-electron chi connectivity index (χ3n) is 1.21. The van der Waals surface area contributed by atoms with E-state index in [9.17, 15) is 17.6 Å². The molecular weight excluding hydrogens is 208 g/mol. The SMILES string of the molecule is Nc1ncc(OC(F)(F)F)c(F)c1O. The molecule has 14 heavy (non-hydrogen) atoms. The Hall–Kier alpha value is -1.73. The number of hydrogen-bond donors (Lipinski definition) is 2. The molecule has 0 radical (unpaired) electrons. The standard InChI is InChI=1S/C6H4F4N2O2/c7-3-2(14-6(8,9)10)1-12-5(11)4(3)13/h1,13H,(H2,11,12). The van der Waals surface area contributed by atoms with Crippen molar-refractivity contribution in [3.05, 3.63) is 12.0 Å². The first kappa shape index (κ1) is 10.4. The molecule has 1 rings (SSSR count). The van der Waals surface area contributed by atoms with Crippen LogP contribution < -0.4 is 10.5 Å². The van der Waals surface area contributed by atoms with Gasteiger partial charge in [0.2, 0.25) is 5.82 Å². The van der Waals surface area contributed by atoms with Crippen molar-refractivity contribution in [1.82, 2.24) is 4.98 Å². The van der Waals surface area contributed by atoms with E-state index < -0.39 is 29.5 Å². The van der Waals surface area contributed by atoms with Crippen LogP contribution in [0.4, 0.5) is 23.4 Å². The summed E-state index contributed by atoms with van der Waals surface area (Å²) in [4.78, 5) is 3.09. The molecular formula is C6H4F4N2O2. The van der Waals surface area contributed by atoms with E-state index in [2.05, 4.69) is 9.72 Å². The number of alkyl halides is 3. The molecule has 0 atom stereocenters. The first-order chi connectivity index (χ1) is 6.31. The van der Waals surface area contributed by atoms with Crippen LogP contribution >= 0.6 is 0 Å². The maximum absolute atomic E-state index is 12.8. The zero-order valence-electron chi connectivity index (χ0n) is 6.47. The topological polar surface area (TPSA) is 68.4 Å². The van der Waals surface area contributed by atoms with Gasteiger partial charge in [-0.15, -0.1) is 13.2 Å². The van der Waals surface area contributed by atoms with Crippen molar-refractivity contribution in [1.29, 1.82) is 0 Å². The number of anilines is 1. The number of nitrogen functional groups attached to an aromatic ring is 1. The normalized spacial score (nSPS) is 11.4. The molecule has 78 valence electrons. The van der Waals surface area contributed by atoms with E-state index >= 15 is 0 Å². The lowest BCUT2D eigenvalue weighted by Gasteiger charge is -2.09. The van der Waals surface area contributed by atoms with Crippen molar-refractivity contribution in [3.63, 3.8) is 0 Å². The molecule has 1 aromatic rings. The fourth-order valence-electron chi connectivity index (χ4n) is 0.671. The Kier molecular flexibility index (Phi) is 2.37. The van der Waals surface area contributed by atoms with Gasteiger partial charge in [0.15, 0.2) is 17.3 Å². The highest BCUT2D eigenvalue weighted by Gasteiger charge is 2.33. The highest BCUT2D eigenvalue weighted by atomic mass is 19.4. The number of nitrogens with zero attached hydrogens (tertiary/aromatic N) is 1. The molecule has 0 aliphatic carbocycles. The van der Waals surface area contributed by atoms with Gasteiger partial charge < -0.3 is 15.6 Å². The molecule has 0 unspecified atom stereocenters. The number of pyridine rings is 1. The fraction of sp³-hybridized carbons (Fsp3) is 0.167. The number of hydrogen-bond acceptors (Lipinski definition) is 4. The van der Waals surface area contributed by atoms with Crippen molar-refractivity contribution >= 4 is 5.82 Å². The zero-order chi connectivity index (χ0) is 10.9. The molecule has 0 aliphatic heterocycles. The maximum atomic E-state index is 12.8. The number of aromatic hydroxyl groups is 1. The number of aromatic nitrogens is 1. The van der Waals surface area contributed by atoms with Gasteiger partial charge in [-0.1, -0.05) is 0 Å². The van der Waals surface area contributed by atoms with E-state index in [1.165, 1.54) is 0 Å². The number of halogens is 4. The second-order valence-electron chi connectivity index (χ2n) is 2.22. The second kappa shape index (κ2) is 3.20. The van der Waals surface area contributed by atoms with Crippen LogP contribution in [0.5, 0.6) is 11.5 Å². The summed E-state index contributed by atoms with van der Waals surface area (Å²) in [5.41, 5.74) is 4.92. The minimum Gasteiger partial charge on any atom is -0.502 e. The Bertz CT molecular complexity index is 352. The molecule has 0 aromatic carbocycles. The van der Waals surface area contributed by atoms with E-state index in [1.807, 2.05) is 0 Å². The largest absolute Gasteiger partial charge is 0.573 e. The molecule has 0 amide bonds. The van der Waals surface area contributed by atoms with Gasteiger partial charge in [-0.3, -0.25) is 0 Å². The number of ether oxygens (including phenoxy) is 1. The third-order valence-corrected chi connectivity index (χ3v) is 1.21. The second-order valence-corrected chi connectivity index (χ2v) is 2.22. The molecule has 0 fully saturated rings. The summed E-state index contributed by atoms with van der Waals surface area (Å²) in [5.74, 6) is -4.62. The minimum absolute atomic E-state index is 0.428. The Labute approximate surface area is 74.9 Å². The van der Waals surface area contributed by atoms with Crippen molar-refractivity contribution in [2.75, 3.05) is 5.73 Å². The van der Waals surface area contributed by atoms with Gasteiger partial charge in [-0.2, -0.15) is 4.39 Å². The highest BCUT2D eigenvalue weighted by Crippen LogP contribution is 2.32. The number of nitrogens with two attached hydrogens (primary N) is 1. The lowest BCUT2D eigenvalue weighted by Crippen LogP contribution is -2.18. The van der Waals surface area contributed by atoms with Gasteiger partial charge in [0, 0.05) is 0 Å². The van der Waals surface area contributed by atoms with Gasteiger partial charge in [-0.05, 0) is 0 Å². The summed E-state index contributed by atoms with van der Waals surface area (Å²) in [6.07, 6.45) is -4.62. The van der Waals surface area contributed by atoms with Crippen LogP contribution in [0.1, 0.15) is 0 Å². The molecule has 0 aliphatic rings. The van der Waals surface area contributed by atoms with Crippen molar-refractivity contribution < 1.29 is 27.4 Å². The number of rotatable bonds is 1. The molecule has 1 aromatic heterocycles. The lowest BCUT2D eigenvalue weighted by molar-refractivity contribution is -0.275. The molecule has 1 heterocycles. The first-order valence-corrected chi connectivity index (χ1v) is 3.20. The third kappa shape index (κ3) is 2.15. The summed E-state index contributed by atoms with van der Waals surface area (Å²) in [5, 5.41) is 8.77. The van der Waals surface area contributed by atoms with Crippen LogP contribution in [0.15, 0.2) is 6.20 Å². The summed E-state index contributed by atoms with van der Waals surface area (Å²) >= 11 is 0. The molecule has 3 N–H and O–H groups in total.